The Morgan fingerprint density at radius 2 is 1.96 bits per heavy atom. The largest absolute Gasteiger partial charge is 0.486 e. The maximum Gasteiger partial charge on any atom is 0.174 e. The number of aliphatic hydroxyl groups is 1. The van der Waals surface area contributed by atoms with Gasteiger partial charge in [0.05, 0.1) is 24.0 Å². The van der Waals surface area contributed by atoms with Gasteiger partial charge in [0, 0.05) is 19.0 Å². The molecule has 0 aliphatic carbocycles. The minimum absolute atomic E-state index is 0.0574. The van der Waals surface area contributed by atoms with E-state index < -0.39 is 6.10 Å². The van der Waals surface area contributed by atoms with Gasteiger partial charge in [0.15, 0.2) is 5.76 Å². The lowest BCUT2D eigenvalue weighted by atomic mass is 9.98. The molecule has 3 atom stereocenters. The molecule has 0 amide bonds. The molecule has 0 bridgehead atoms. The number of rotatable bonds is 9. The van der Waals surface area contributed by atoms with E-state index in [0.717, 1.165) is 43.9 Å². The highest BCUT2D eigenvalue weighted by Crippen LogP contribution is 2.23. The topological polar surface area (TPSA) is 68.0 Å². The molecule has 1 saturated heterocycles. The van der Waals surface area contributed by atoms with Gasteiger partial charge < -0.3 is 24.0 Å². The van der Waals surface area contributed by atoms with Crippen molar-refractivity contribution in [1.82, 2.24) is 10.1 Å². The number of ether oxygens (including phenoxy) is 2. The molecular weight excluding hydrogens is 344 g/mol. The van der Waals surface area contributed by atoms with Gasteiger partial charge in [-0.3, -0.25) is 0 Å². The zero-order chi connectivity index (χ0) is 19.1. The lowest BCUT2D eigenvalue weighted by Crippen LogP contribution is -2.46. The van der Waals surface area contributed by atoms with Crippen molar-refractivity contribution in [3.63, 3.8) is 0 Å². The lowest BCUT2D eigenvalue weighted by molar-refractivity contribution is -0.125. The van der Waals surface area contributed by atoms with Crippen LogP contribution in [0, 0.1) is 0 Å². The van der Waals surface area contributed by atoms with E-state index in [4.69, 9.17) is 14.0 Å². The molecule has 1 aliphatic heterocycles. The van der Waals surface area contributed by atoms with Gasteiger partial charge in [-0.2, -0.15) is 0 Å². The summed E-state index contributed by atoms with van der Waals surface area (Å²) in [7, 11) is 0. The van der Waals surface area contributed by atoms with Gasteiger partial charge in [0.25, 0.3) is 0 Å². The van der Waals surface area contributed by atoms with Crippen LogP contribution in [0.25, 0.3) is 0 Å². The third kappa shape index (κ3) is 5.79. The molecule has 148 valence electrons. The molecule has 1 aromatic heterocycles. The molecule has 6 nitrogen and oxygen atoms in total. The summed E-state index contributed by atoms with van der Waals surface area (Å²) in [5.41, 5.74) is 0.865. The molecule has 1 N–H and O–H groups in total. The summed E-state index contributed by atoms with van der Waals surface area (Å²) in [6, 6.07) is 11.6. The van der Waals surface area contributed by atoms with Crippen LogP contribution >= 0.6 is 0 Å². The summed E-state index contributed by atoms with van der Waals surface area (Å²) in [6.07, 6.45) is 1.81. The predicted octanol–water partition coefficient (Wildman–Crippen LogP) is 3.05. The third-order valence-electron chi connectivity index (χ3n) is 5.08. The van der Waals surface area contributed by atoms with Crippen molar-refractivity contribution in [2.24, 2.45) is 0 Å². The Morgan fingerprint density at radius 1 is 1.19 bits per heavy atom. The van der Waals surface area contributed by atoms with Crippen molar-refractivity contribution in [1.29, 1.82) is 0 Å². The highest BCUT2D eigenvalue weighted by atomic mass is 16.5. The van der Waals surface area contributed by atoms with E-state index in [0.29, 0.717) is 18.8 Å². The average Bonchev–Trinajstić information content (AvgIpc) is 3.15. The first-order valence-corrected chi connectivity index (χ1v) is 9.86. The van der Waals surface area contributed by atoms with Crippen LogP contribution in [0.5, 0.6) is 5.75 Å². The molecule has 2 heterocycles. The van der Waals surface area contributed by atoms with Crippen LogP contribution in [0.2, 0.25) is 0 Å². The second-order valence-electron chi connectivity index (χ2n) is 7.02. The first-order valence-electron chi connectivity index (χ1n) is 9.86. The lowest BCUT2D eigenvalue weighted by Gasteiger charge is -2.36. The van der Waals surface area contributed by atoms with E-state index in [-0.39, 0.29) is 12.2 Å². The van der Waals surface area contributed by atoms with Crippen LogP contribution in [0.1, 0.15) is 38.1 Å². The fraction of sp³-hybridized carbons (Fsp3) is 0.571. The SMILES string of the molecule is CCN(CC)C[C@H]1O[C@H](Cc2cc(COc3ccccc3)on2)CC[C@@H]1O. The van der Waals surface area contributed by atoms with Crippen molar-refractivity contribution in [3.8, 4) is 5.75 Å². The van der Waals surface area contributed by atoms with E-state index in [9.17, 15) is 5.11 Å². The average molecular weight is 374 g/mol. The smallest absolute Gasteiger partial charge is 0.174 e. The molecular formula is C21H30N2O4. The Balaban J connectivity index is 1.50. The summed E-state index contributed by atoms with van der Waals surface area (Å²) in [4.78, 5) is 2.28. The molecule has 27 heavy (non-hydrogen) atoms. The molecule has 6 heteroatoms. The zero-order valence-electron chi connectivity index (χ0n) is 16.2. The second-order valence-corrected chi connectivity index (χ2v) is 7.02. The fourth-order valence-corrected chi connectivity index (χ4v) is 3.42. The molecule has 0 saturated carbocycles. The standard InChI is InChI=1S/C21H30N2O4/c1-3-23(4-2)14-21-20(24)11-10-18(26-21)12-16-13-19(27-22-16)15-25-17-8-6-5-7-9-17/h5-9,13,18,20-21,24H,3-4,10-12,14-15H2,1-2H3/t18-,20-,21+/m0/s1. The number of hydrogen-bond donors (Lipinski definition) is 1. The molecule has 1 aliphatic rings. The quantitative estimate of drug-likeness (QED) is 0.728. The predicted molar refractivity (Wildman–Crippen MR) is 103 cm³/mol. The van der Waals surface area contributed by atoms with Crippen molar-refractivity contribution in [3.05, 3.63) is 47.9 Å². The summed E-state index contributed by atoms with van der Waals surface area (Å²) in [5, 5.41) is 14.4. The van der Waals surface area contributed by atoms with Gasteiger partial charge in [-0.25, -0.2) is 0 Å². The first-order chi connectivity index (χ1) is 13.2. The molecule has 1 fully saturated rings. The molecule has 1 aromatic carbocycles. The van der Waals surface area contributed by atoms with Gasteiger partial charge in [-0.05, 0) is 38.1 Å². The van der Waals surface area contributed by atoms with Crippen molar-refractivity contribution >= 4 is 0 Å². The summed E-state index contributed by atoms with van der Waals surface area (Å²) in [6.45, 7) is 7.30. The highest BCUT2D eigenvalue weighted by Gasteiger charge is 2.31. The van der Waals surface area contributed by atoms with Gasteiger partial charge in [-0.15, -0.1) is 0 Å². The molecule has 3 rings (SSSR count). The van der Waals surface area contributed by atoms with E-state index in [1.165, 1.54) is 0 Å². The van der Waals surface area contributed by atoms with Crippen LogP contribution in [0.3, 0.4) is 0 Å². The number of aromatic nitrogens is 1. The number of para-hydroxylation sites is 1. The second kappa shape index (κ2) is 9.88. The Hall–Kier alpha value is -1.89. The van der Waals surface area contributed by atoms with Crippen LogP contribution < -0.4 is 4.74 Å². The van der Waals surface area contributed by atoms with E-state index >= 15 is 0 Å². The van der Waals surface area contributed by atoms with Gasteiger partial charge in [0.1, 0.15) is 12.4 Å². The molecule has 0 unspecified atom stereocenters. The van der Waals surface area contributed by atoms with Crippen LogP contribution in [0.15, 0.2) is 40.9 Å². The Kier molecular flexibility index (Phi) is 7.26. The molecule has 0 spiro atoms. The molecule has 2 aromatic rings. The summed E-state index contributed by atoms with van der Waals surface area (Å²) < 4.78 is 17.2. The maximum absolute atomic E-state index is 10.3. The number of hydrogen-bond acceptors (Lipinski definition) is 6. The monoisotopic (exact) mass is 374 g/mol. The zero-order valence-corrected chi connectivity index (χ0v) is 16.2. The maximum atomic E-state index is 10.3. The van der Waals surface area contributed by atoms with Crippen LogP contribution in [-0.4, -0.2) is 53.1 Å². The highest BCUT2D eigenvalue weighted by molar-refractivity contribution is 5.21. The van der Waals surface area contributed by atoms with Crippen molar-refractivity contribution < 1.29 is 19.1 Å². The van der Waals surface area contributed by atoms with Gasteiger partial charge >= 0.3 is 0 Å². The van der Waals surface area contributed by atoms with Crippen LogP contribution in [0.4, 0.5) is 0 Å². The fourth-order valence-electron chi connectivity index (χ4n) is 3.42. The molecule has 0 radical (unpaired) electrons. The number of nitrogens with zero attached hydrogens (tertiary/aromatic N) is 2. The van der Waals surface area contributed by atoms with E-state index in [2.05, 4.69) is 23.9 Å². The Labute approximate surface area is 161 Å². The third-order valence-corrected chi connectivity index (χ3v) is 5.08. The van der Waals surface area contributed by atoms with Crippen LogP contribution in [-0.2, 0) is 17.8 Å². The normalized spacial score (nSPS) is 22.9. The van der Waals surface area contributed by atoms with E-state index in [1.54, 1.807) is 0 Å². The Bertz CT molecular complexity index is 672. The summed E-state index contributed by atoms with van der Waals surface area (Å²) >= 11 is 0. The number of aliphatic hydroxyl groups excluding tert-OH is 1. The van der Waals surface area contributed by atoms with E-state index in [1.807, 2.05) is 36.4 Å². The Morgan fingerprint density at radius 3 is 2.70 bits per heavy atom. The number of benzene rings is 1. The minimum atomic E-state index is -0.394. The summed E-state index contributed by atoms with van der Waals surface area (Å²) in [5.74, 6) is 1.50. The van der Waals surface area contributed by atoms with Crippen molar-refractivity contribution in [2.75, 3.05) is 19.6 Å². The first kappa shape index (κ1) is 19.9. The van der Waals surface area contributed by atoms with Gasteiger partial charge in [-0.1, -0.05) is 37.2 Å². The van der Waals surface area contributed by atoms with Crippen molar-refractivity contribution in [2.45, 2.75) is 58.0 Å². The number of likely N-dealkylation sites (N-methyl/N-ethyl adjacent to an activating group) is 1. The minimum Gasteiger partial charge on any atom is -0.486 e. The van der Waals surface area contributed by atoms with Gasteiger partial charge in [0.2, 0.25) is 0 Å².